The summed E-state index contributed by atoms with van der Waals surface area (Å²) in [5.41, 5.74) is 0.324. The molecule has 4 nitrogen and oxygen atoms in total. The minimum Gasteiger partial charge on any atom is -0.426 e. The maximum Gasteiger partial charge on any atom is 0.233 e. The van der Waals surface area contributed by atoms with Gasteiger partial charge in [-0.2, -0.15) is 5.26 Å². The first-order valence-corrected chi connectivity index (χ1v) is 2.76. The molecule has 0 amide bonds. The summed E-state index contributed by atoms with van der Waals surface area (Å²) in [6, 6.07) is 1.91. The van der Waals surface area contributed by atoms with Crippen molar-refractivity contribution in [2.75, 3.05) is 19.0 Å². The first kappa shape index (κ1) is 6.62. The topological polar surface area (TPSA) is 53.1 Å². The van der Waals surface area contributed by atoms with Gasteiger partial charge in [0.25, 0.3) is 0 Å². The SMILES string of the molecule is CN(C)c1ocnc1C#N. The van der Waals surface area contributed by atoms with Gasteiger partial charge in [-0.15, -0.1) is 0 Å². The minimum absolute atomic E-state index is 0.324. The summed E-state index contributed by atoms with van der Waals surface area (Å²) in [4.78, 5) is 5.39. The highest BCUT2D eigenvalue weighted by Gasteiger charge is 2.07. The Bertz CT molecular complexity index is 258. The van der Waals surface area contributed by atoms with E-state index in [1.165, 1.54) is 6.39 Å². The van der Waals surface area contributed by atoms with Gasteiger partial charge in [0.2, 0.25) is 11.6 Å². The predicted octanol–water partition coefficient (Wildman–Crippen LogP) is 0.612. The molecule has 1 heterocycles. The van der Waals surface area contributed by atoms with Crippen LogP contribution in [0.25, 0.3) is 0 Å². The van der Waals surface area contributed by atoms with E-state index in [2.05, 4.69) is 4.98 Å². The van der Waals surface area contributed by atoms with Crippen molar-refractivity contribution < 1.29 is 4.42 Å². The third-order valence-electron chi connectivity index (χ3n) is 1.06. The maximum absolute atomic E-state index is 8.46. The first-order valence-electron chi connectivity index (χ1n) is 2.76. The average Bonchev–Trinajstić information content (AvgIpc) is 2.33. The zero-order valence-corrected chi connectivity index (χ0v) is 5.83. The van der Waals surface area contributed by atoms with Crippen LogP contribution in [0.1, 0.15) is 5.69 Å². The molecule has 0 aliphatic carbocycles. The van der Waals surface area contributed by atoms with E-state index >= 15 is 0 Å². The molecule has 1 aromatic rings. The van der Waals surface area contributed by atoms with Crippen molar-refractivity contribution in [3.05, 3.63) is 12.1 Å². The Morgan fingerprint density at radius 1 is 1.70 bits per heavy atom. The minimum atomic E-state index is 0.324. The number of hydrogen-bond donors (Lipinski definition) is 0. The standard InChI is InChI=1S/C6H7N3O/c1-9(2)6-5(3-7)8-4-10-6/h4H,1-2H3. The molecule has 0 aromatic carbocycles. The van der Waals surface area contributed by atoms with Crippen LogP contribution < -0.4 is 4.90 Å². The summed E-state index contributed by atoms with van der Waals surface area (Å²) >= 11 is 0. The van der Waals surface area contributed by atoms with E-state index in [0.29, 0.717) is 11.6 Å². The lowest BCUT2D eigenvalue weighted by Crippen LogP contribution is -2.08. The fourth-order valence-electron chi connectivity index (χ4n) is 0.634. The molecule has 0 bridgehead atoms. The number of oxazole rings is 1. The molecule has 0 aliphatic rings. The summed E-state index contributed by atoms with van der Waals surface area (Å²) in [7, 11) is 3.59. The van der Waals surface area contributed by atoms with E-state index < -0.39 is 0 Å². The van der Waals surface area contributed by atoms with Crippen LogP contribution in [0.15, 0.2) is 10.8 Å². The van der Waals surface area contributed by atoms with E-state index in [4.69, 9.17) is 9.68 Å². The van der Waals surface area contributed by atoms with Crippen LogP contribution in [0, 0.1) is 11.3 Å². The second-order valence-electron chi connectivity index (χ2n) is 2.01. The molecule has 0 N–H and O–H groups in total. The third-order valence-corrected chi connectivity index (χ3v) is 1.06. The fourth-order valence-corrected chi connectivity index (χ4v) is 0.634. The van der Waals surface area contributed by atoms with E-state index in [9.17, 15) is 0 Å². The van der Waals surface area contributed by atoms with Gasteiger partial charge >= 0.3 is 0 Å². The molecule has 1 aromatic heterocycles. The van der Waals surface area contributed by atoms with E-state index in [0.717, 1.165) is 0 Å². The Balaban J connectivity index is 3.05. The van der Waals surface area contributed by atoms with Gasteiger partial charge in [-0.1, -0.05) is 0 Å². The number of anilines is 1. The first-order chi connectivity index (χ1) is 4.75. The Morgan fingerprint density at radius 2 is 2.40 bits per heavy atom. The molecule has 52 valence electrons. The van der Waals surface area contributed by atoms with Crippen LogP contribution in [0.3, 0.4) is 0 Å². The van der Waals surface area contributed by atoms with Gasteiger partial charge in [-0.3, -0.25) is 0 Å². The Morgan fingerprint density at radius 3 is 2.80 bits per heavy atom. The number of nitriles is 1. The third kappa shape index (κ3) is 0.935. The van der Waals surface area contributed by atoms with Gasteiger partial charge in [-0.25, -0.2) is 4.98 Å². The van der Waals surface area contributed by atoms with Crippen molar-refractivity contribution in [2.45, 2.75) is 0 Å². The van der Waals surface area contributed by atoms with Crippen LogP contribution in [0.5, 0.6) is 0 Å². The zero-order valence-electron chi connectivity index (χ0n) is 5.83. The van der Waals surface area contributed by atoms with Crippen LogP contribution >= 0.6 is 0 Å². The highest BCUT2D eigenvalue weighted by Crippen LogP contribution is 2.14. The molecule has 0 spiro atoms. The smallest absolute Gasteiger partial charge is 0.233 e. The summed E-state index contributed by atoms with van der Waals surface area (Å²) in [6.07, 6.45) is 1.26. The van der Waals surface area contributed by atoms with E-state index in [-0.39, 0.29) is 0 Å². The Hall–Kier alpha value is -1.50. The predicted molar refractivity (Wildman–Crippen MR) is 35.5 cm³/mol. The summed E-state index contributed by atoms with van der Waals surface area (Å²) in [5.74, 6) is 0.502. The highest BCUT2D eigenvalue weighted by atomic mass is 16.4. The Labute approximate surface area is 58.7 Å². The molecule has 4 heteroatoms. The number of rotatable bonds is 1. The molecular weight excluding hydrogens is 130 g/mol. The molecule has 1 rings (SSSR count). The van der Waals surface area contributed by atoms with Gasteiger partial charge in [0.05, 0.1) is 0 Å². The van der Waals surface area contributed by atoms with Crippen molar-refractivity contribution in [2.24, 2.45) is 0 Å². The summed E-state index contributed by atoms with van der Waals surface area (Å²) in [5, 5.41) is 8.46. The normalized spacial score (nSPS) is 8.90. The van der Waals surface area contributed by atoms with E-state index in [1.807, 2.05) is 6.07 Å². The molecule has 0 saturated carbocycles. The molecule has 0 saturated heterocycles. The fraction of sp³-hybridized carbons (Fsp3) is 0.333. The molecule has 10 heavy (non-hydrogen) atoms. The maximum atomic E-state index is 8.46. The Kier molecular flexibility index (Phi) is 1.59. The lowest BCUT2D eigenvalue weighted by Gasteiger charge is -2.05. The van der Waals surface area contributed by atoms with Crippen molar-refractivity contribution in [3.8, 4) is 6.07 Å². The second kappa shape index (κ2) is 2.40. The van der Waals surface area contributed by atoms with E-state index in [1.54, 1.807) is 19.0 Å². The molecule has 0 radical (unpaired) electrons. The van der Waals surface area contributed by atoms with Gasteiger partial charge in [-0.05, 0) is 0 Å². The molecule has 0 atom stereocenters. The average molecular weight is 137 g/mol. The van der Waals surface area contributed by atoms with Crippen LogP contribution in [-0.2, 0) is 0 Å². The number of aromatic nitrogens is 1. The molecular formula is C6H7N3O. The number of hydrogen-bond acceptors (Lipinski definition) is 4. The highest BCUT2D eigenvalue weighted by molar-refractivity contribution is 5.45. The lowest BCUT2D eigenvalue weighted by molar-refractivity contribution is 0.556. The van der Waals surface area contributed by atoms with Crippen molar-refractivity contribution in [3.63, 3.8) is 0 Å². The van der Waals surface area contributed by atoms with Crippen LogP contribution in [-0.4, -0.2) is 19.1 Å². The summed E-state index contributed by atoms with van der Waals surface area (Å²) < 4.78 is 4.91. The molecule has 0 fully saturated rings. The van der Waals surface area contributed by atoms with Gasteiger partial charge < -0.3 is 9.32 Å². The van der Waals surface area contributed by atoms with Crippen LogP contribution in [0.4, 0.5) is 5.88 Å². The number of nitrogens with zero attached hydrogens (tertiary/aromatic N) is 3. The lowest BCUT2D eigenvalue weighted by atomic mass is 10.5. The van der Waals surface area contributed by atoms with Gasteiger partial charge in [0.1, 0.15) is 6.07 Å². The monoisotopic (exact) mass is 137 g/mol. The second-order valence-corrected chi connectivity index (χ2v) is 2.01. The summed E-state index contributed by atoms with van der Waals surface area (Å²) in [6.45, 7) is 0. The molecule has 0 aliphatic heterocycles. The molecule has 0 unspecified atom stereocenters. The van der Waals surface area contributed by atoms with Gasteiger partial charge in [0, 0.05) is 14.1 Å². The van der Waals surface area contributed by atoms with Gasteiger partial charge in [0.15, 0.2) is 6.39 Å². The zero-order chi connectivity index (χ0) is 7.56. The quantitative estimate of drug-likeness (QED) is 0.569. The largest absolute Gasteiger partial charge is 0.426 e. The van der Waals surface area contributed by atoms with Crippen molar-refractivity contribution in [1.82, 2.24) is 4.98 Å². The van der Waals surface area contributed by atoms with Crippen LogP contribution in [0.2, 0.25) is 0 Å². The van der Waals surface area contributed by atoms with Crippen molar-refractivity contribution in [1.29, 1.82) is 5.26 Å². The van der Waals surface area contributed by atoms with Crippen molar-refractivity contribution >= 4 is 5.88 Å².